The monoisotopic (exact) mass is 409 g/mol. The largest absolute Gasteiger partial charge is 0.329 e. The van der Waals surface area contributed by atoms with Gasteiger partial charge in [-0.3, -0.25) is 14.5 Å². The molecule has 148 valence electrons. The number of nitrogens with zero attached hydrogens (tertiary/aromatic N) is 5. The highest BCUT2D eigenvalue weighted by molar-refractivity contribution is 6.31. The Morgan fingerprint density at radius 2 is 1.83 bits per heavy atom. The molecule has 0 bridgehead atoms. The lowest BCUT2D eigenvalue weighted by Gasteiger charge is -2.38. The highest BCUT2D eigenvalue weighted by Gasteiger charge is 2.34. The molecule has 1 aliphatic rings. The zero-order chi connectivity index (χ0) is 20.4. The summed E-state index contributed by atoms with van der Waals surface area (Å²) in [6.45, 7) is 1.95. The molecule has 1 aromatic heterocycles. The lowest BCUT2D eigenvalue weighted by Crippen LogP contribution is -2.57. The Morgan fingerprint density at radius 3 is 2.55 bits per heavy atom. The Bertz CT molecular complexity index is 1020. The van der Waals surface area contributed by atoms with Gasteiger partial charge in [-0.25, -0.2) is 4.68 Å². The van der Waals surface area contributed by atoms with Gasteiger partial charge in [0.1, 0.15) is 13.1 Å². The number of amides is 2. The number of carbonyl (C=O) groups is 2. The molecule has 1 saturated heterocycles. The van der Waals surface area contributed by atoms with Crippen LogP contribution in [0.4, 0.5) is 5.69 Å². The van der Waals surface area contributed by atoms with Gasteiger partial charge in [-0.15, -0.1) is 5.10 Å². The van der Waals surface area contributed by atoms with Crippen molar-refractivity contribution < 1.29 is 9.59 Å². The van der Waals surface area contributed by atoms with Gasteiger partial charge in [0.2, 0.25) is 11.8 Å². The second-order valence-corrected chi connectivity index (χ2v) is 7.46. The van der Waals surface area contributed by atoms with Crippen LogP contribution in [0, 0.1) is 0 Å². The molecule has 0 saturated carbocycles. The number of hydrogen-bond donors (Lipinski definition) is 0. The summed E-state index contributed by atoms with van der Waals surface area (Å²) in [5.41, 5.74) is 2.31. The van der Waals surface area contributed by atoms with Crippen LogP contribution in [0.1, 0.15) is 12.5 Å². The van der Waals surface area contributed by atoms with Crippen molar-refractivity contribution in [1.29, 1.82) is 0 Å². The first-order valence-electron chi connectivity index (χ1n) is 9.33. The summed E-state index contributed by atoms with van der Waals surface area (Å²) in [7, 11) is 0. The third kappa shape index (κ3) is 4.00. The molecule has 3 aromatic rings. The zero-order valence-corrected chi connectivity index (χ0v) is 16.7. The van der Waals surface area contributed by atoms with E-state index in [1.807, 2.05) is 37.3 Å². The van der Waals surface area contributed by atoms with Crippen LogP contribution in [0.15, 0.2) is 60.9 Å². The van der Waals surface area contributed by atoms with Gasteiger partial charge in [0.25, 0.3) is 0 Å². The Morgan fingerprint density at radius 1 is 1.03 bits per heavy atom. The molecule has 0 radical (unpaired) electrons. The topological polar surface area (TPSA) is 71.3 Å². The first-order valence-corrected chi connectivity index (χ1v) is 9.70. The summed E-state index contributed by atoms with van der Waals surface area (Å²) in [6, 6.07) is 15.0. The molecule has 1 fully saturated rings. The number of benzene rings is 2. The van der Waals surface area contributed by atoms with Gasteiger partial charge in [-0.05, 0) is 37.1 Å². The van der Waals surface area contributed by atoms with Crippen molar-refractivity contribution in [2.24, 2.45) is 0 Å². The van der Waals surface area contributed by atoms with Crippen molar-refractivity contribution in [2.45, 2.75) is 19.4 Å². The van der Waals surface area contributed by atoms with Crippen LogP contribution in [0.2, 0.25) is 5.02 Å². The quantitative estimate of drug-likeness (QED) is 0.649. The van der Waals surface area contributed by atoms with E-state index < -0.39 is 0 Å². The van der Waals surface area contributed by atoms with Crippen LogP contribution in [0.25, 0.3) is 5.69 Å². The molecule has 7 nitrogen and oxygen atoms in total. The van der Waals surface area contributed by atoms with Crippen LogP contribution < -0.4 is 4.90 Å². The number of piperazine rings is 1. The lowest BCUT2D eigenvalue weighted by molar-refractivity contribution is -0.140. The number of carbonyl (C=O) groups excluding carboxylic acids is 2. The molecule has 2 heterocycles. The van der Waals surface area contributed by atoms with Gasteiger partial charge in [0.15, 0.2) is 0 Å². The minimum absolute atomic E-state index is 0.0240. The second kappa shape index (κ2) is 8.05. The summed E-state index contributed by atoms with van der Waals surface area (Å²) in [6.07, 6.45) is 3.92. The maximum atomic E-state index is 13.0. The van der Waals surface area contributed by atoms with Crippen LogP contribution in [-0.2, 0) is 16.0 Å². The average Bonchev–Trinajstić information content (AvgIpc) is 3.24. The molecular formula is C21H20ClN5O2. The van der Waals surface area contributed by atoms with E-state index in [9.17, 15) is 9.59 Å². The van der Waals surface area contributed by atoms with E-state index in [1.54, 1.807) is 40.2 Å². The number of hydrogen-bond acceptors (Lipinski definition) is 4. The van der Waals surface area contributed by atoms with E-state index in [0.29, 0.717) is 22.8 Å². The Hall–Kier alpha value is -3.19. The molecule has 1 unspecified atom stereocenters. The van der Waals surface area contributed by atoms with Crippen LogP contribution in [0.5, 0.6) is 0 Å². The maximum absolute atomic E-state index is 13.0. The fourth-order valence-corrected chi connectivity index (χ4v) is 3.73. The third-order valence-electron chi connectivity index (χ3n) is 5.02. The second-order valence-electron chi connectivity index (χ2n) is 7.02. The third-order valence-corrected chi connectivity index (χ3v) is 5.26. The lowest BCUT2D eigenvalue weighted by atomic mass is 10.0. The van der Waals surface area contributed by atoms with Gasteiger partial charge < -0.3 is 4.90 Å². The van der Waals surface area contributed by atoms with Crippen molar-refractivity contribution in [3.63, 3.8) is 0 Å². The van der Waals surface area contributed by atoms with Gasteiger partial charge in [0, 0.05) is 11.1 Å². The Kier molecular flexibility index (Phi) is 5.31. The molecule has 8 heteroatoms. The summed E-state index contributed by atoms with van der Waals surface area (Å²) in [4.78, 5) is 29.0. The molecular weight excluding hydrogens is 390 g/mol. The van der Waals surface area contributed by atoms with Gasteiger partial charge >= 0.3 is 0 Å². The van der Waals surface area contributed by atoms with Crippen LogP contribution >= 0.6 is 11.6 Å². The number of halogens is 1. The highest BCUT2D eigenvalue weighted by atomic mass is 35.5. The minimum atomic E-state index is -0.159. The SMILES string of the molecule is CC(Cc1ccccc1)N1CC(=O)N(c2cc(Cl)ccc2-n2ccnn2)CC1=O. The summed E-state index contributed by atoms with van der Waals surface area (Å²) < 4.78 is 1.55. The molecule has 2 amide bonds. The van der Waals surface area contributed by atoms with Crippen molar-refractivity contribution >= 4 is 29.1 Å². The van der Waals surface area contributed by atoms with E-state index in [4.69, 9.17) is 11.6 Å². The Balaban J connectivity index is 1.57. The van der Waals surface area contributed by atoms with Crippen molar-refractivity contribution in [1.82, 2.24) is 19.9 Å². The summed E-state index contributed by atoms with van der Waals surface area (Å²) >= 11 is 6.17. The molecule has 29 heavy (non-hydrogen) atoms. The zero-order valence-electron chi connectivity index (χ0n) is 15.9. The predicted octanol–water partition coefficient (Wildman–Crippen LogP) is 2.73. The van der Waals surface area contributed by atoms with E-state index in [0.717, 1.165) is 5.56 Å². The smallest absolute Gasteiger partial charge is 0.247 e. The molecule has 0 spiro atoms. The Labute approximate surface area is 173 Å². The normalized spacial score (nSPS) is 15.7. The minimum Gasteiger partial charge on any atom is -0.329 e. The number of aromatic nitrogens is 3. The standard InChI is InChI=1S/C21H20ClN5O2/c1-15(11-16-5-3-2-4-6-16)25-13-21(29)26(14-20(25)28)19-12-17(22)7-8-18(19)27-10-9-23-24-27/h2-10,12,15H,11,13-14H2,1H3. The van der Waals surface area contributed by atoms with Crippen LogP contribution in [-0.4, -0.2) is 50.8 Å². The van der Waals surface area contributed by atoms with Gasteiger partial charge in [-0.1, -0.05) is 47.1 Å². The van der Waals surface area contributed by atoms with E-state index >= 15 is 0 Å². The molecule has 1 atom stereocenters. The van der Waals surface area contributed by atoms with E-state index in [2.05, 4.69) is 10.3 Å². The molecule has 1 aliphatic heterocycles. The average molecular weight is 410 g/mol. The summed E-state index contributed by atoms with van der Waals surface area (Å²) in [5.74, 6) is -0.259. The van der Waals surface area contributed by atoms with E-state index in [1.165, 1.54) is 4.90 Å². The molecule has 0 N–H and O–H groups in total. The first kappa shape index (κ1) is 19.1. The van der Waals surface area contributed by atoms with E-state index in [-0.39, 0.29) is 30.9 Å². The fraction of sp³-hybridized carbons (Fsp3) is 0.238. The van der Waals surface area contributed by atoms with Gasteiger partial charge in [-0.2, -0.15) is 0 Å². The summed E-state index contributed by atoms with van der Waals surface area (Å²) in [5, 5.41) is 8.29. The molecule has 0 aliphatic carbocycles. The van der Waals surface area contributed by atoms with Crippen molar-refractivity contribution in [2.75, 3.05) is 18.0 Å². The maximum Gasteiger partial charge on any atom is 0.247 e. The van der Waals surface area contributed by atoms with Crippen molar-refractivity contribution in [3.8, 4) is 5.69 Å². The van der Waals surface area contributed by atoms with Gasteiger partial charge in [0.05, 0.1) is 23.8 Å². The highest BCUT2D eigenvalue weighted by Crippen LogP contribution is 2.29. The van der Waals surface area contributed by atoms with Crippen molar-refractivity contribution in [3.05, 3.63) is 71.5 Å². The predicted molar refractivity (Wildman–Crippen MR) is 110 cm³/mol. The van der Waals surface area contributed by atoms with Crippen LogP contribution in [0.3, 0.4) is 0 Å². The molecule has 4 rings (SSSR count). The fourth-order valence-electron chi connectivity index (χ4n) is 3.56. The number of anilines is 1. The number of rotatable bonds is 5. The molecule has 2 aromatic carbocycles. The first-order chi connectivity index (χ1) is 14.0.